The van der Waals surface area contributed by atoms with E-state index >= 15 is 0 Å². The quantitative estimate of drug-likeness (QED) is 0.780. The molecular weight excluding hydrogens is 240 g/mol. The molecule has 0 spiro atoms. The van der Waals surface area contributed by atoms with E-state index in [1.165, 1.54) is 0 Å². The highest BCUT2D eigenvalue weighted by atomic mass is 16.3. The van der Waals surface area contributed by atoms with Crippen LogP contribution in [0.4, 0.5) is 0 Å². The van der Waals surface area contributed by atoms with Crippen LogP contribution in [0.2, 0.25) is 0 Å². The van der Waals surface area contributed by atoms with Crippen molar-refractivity contribution < 1.29 is 5.11 Å². The van der Waals surface area contributed by atoms with Crippen molar-refractivity contribution in [2.24, 2.45) is 0 Å². The molecule has 0 amide bonds. The van der Waals surface area contributed by atoms with Crippen LogP contribution in [0.5, 0.6) is 0 Å². The highest BCUT2D eigenvalue weighted by Crippen LogP contribution is 2.27. The van der Waals surface area contributed by atoms with Gasteiger partial charge in [-0.3, -0.25) is 4.68 Å². The summed E-state index contributed by atoms with van der Waals surface area (Å²) >= 11 is 0. The Hall–Kier alpha value is -0.940. The summed E-state index contributed by atoms with van der Waals surface area (Å²) in [5.74, 6) is 0.877. The molecule has 0 radical (unpaired) electrons. The summed E-state index contributed by atoms with van der Waals surface area (Å²) in [6, 6.07) is 0. The van der Waals surface area contributed by atoms with Crippen molar-refractivity contribution in [2.45, 2.75) is 64.6 Å². The van der Waals surface area contributed by atoms with E-state index in [1.807, 2.05) is 18.8 Å². The number of aliphatic hydroxyl groups excluding tert-OH is 1. The first-order valence-corrected chi connectivity index (χ1v) is 7.23. The third-order valence-corrected chi connectivity index (χ3v) is 4.24. The minimum atomic E-state index is -0.433. The van der Waals surface area contributed by atoms with Crippen LogP contribution in [-0.4, -0.2) is 50.5 Å². The molecule has 1 atom stereocenters. The van der Waals surface area contributed by atoms with Crippen molar-refractivity contribution in [3.63, 3.8) is 0 Å². The first-order chi connectivity index (χ1) is 9.01. The maximum atomic E-state index is 10.7. The van der Waals surface area contributed by atoms with E-state index in [0.717, 1.165) is 31.6 Å². The van der Waals surface area contributed by atoms with E-state index in [1.54, 1.807) is 6.33 Å². The molecule has 1 heterocycles. The Morgan fingerprint density at radius 2 is 1.95 bits per heavy atom. The molecule has 0 aliphatic carbocycles. The summed E-state index contributed by atoms with van der Waals surface area (Å²) in [6.07, 6.45) is 4.55. The van der Waals surface area contributed by atoms with Crippen LogP contribution in [0.25, 0.3) is 0 Å². The van der Waals surface area contributed by atoms with Gasteiger partial charge in [0.2, 0.25) is 0 Å². The van der Waals surface area contributed by atoms with Gasteiger partial charge < -0.3 is 10.0 Å². The van der Waals surface area contributed by atoms with E-state index in [4.69, 9.17) is 0 Å². The zero-order chi connectivity index (χ0) is 14.5. The minimum Gasteiger partial charge on any atom is -0.391 e. The molecule has 19 heavy (non-hydrogen) atoms. The summed E-state index contributed by atoms with van der Waals surface area (Å²) in [7, 11) is 4.07. The molecule has 0 aliphatic rings. The summed E-state index contributed by atoms with van der Waals surface area (Å²) in [4.78, 5) is 6.43. The van der Waals surface area contributed by atoms with Crippen LogP contribution in [0.15, 0.2) is 6.33 Å². The molecule has 1 rings (SSSR count). The van der Waals surface area contributed by atoms with Crippen LogP contribution >= 0.6 is 0 Å². The van der Waals surface area contributed by atoms with Crippen molar-refractivity contribution >= 4 is 0 Å². The van der Waals surface area contributed by atoms with Gasteiger partial charge in [0, 0.05) is 18.5 Å². The molecule has 1 unspecified atom stereocenters. The van der Waals surface area contributed by atoms with Gasteiger partial charge >= 0.3 is 0 Å². The monoisotopic (exact) mass is 268 g/mol. The average molecular weight is 268 g/mol. The number of aliphatic hydroxyl groups is 1. The van der Waals surface area contributed by atoms with E-state index < -0.39 is 6.10 Å². The average Bonchev–Trinajstić information content (AvgIpc) is 2.79. The Morgan fingerprint density at radius 1 is 1.32 bits per heavy atom. The molecule has 5 heteroatoms. The second kappa shape index (κ2) is 7.01. The van der Waals surface area contributed by atoms with Crippen LogP contribution < -0.4 is 0 Å². The molecule has 110 valence electrons. The lowest BCUT2D eigenvalue weighted by atomic mass is 9.83. The maximum absolute atomic E-state index is 10.7. The lowest BCUT2D eigenvalue weighted by Crippen LogP contribution is -2.53. The topological polar surface area (TPSA) is 54.2 Å². The minimum absolute atomic E-state index is 0.191. The largest absolute Gasteiger partial charge is 0.391 e. The van der Waals surface area contributed by atoms with Gasteiger partial charge in [-0.15, -0.1) is 0 Å². The fourth-order valence-electron chi connectivity index (χ4n) is 2.86. The smallest absolute Gasteiger partial charge is 0.138 e. The van der Waals surface area contributed by atoms with Gasteiger partial charge in [0.1, 0.15) is 12.2 Å². The lowest BCUT2D eigenvalue weighted by Gasteiger charge is -2.42. The Kier molecular flexibility index (Phi) is 5.94. The number of aromatic nitrogens is 3. The second-order valence-electron chi connectivity index (χ2n) is 5.32. The van der Waals surface area contributed by atoms with E-state index in [-0.39, 0.29) is 5.54 Å². The maximum Gasteiger partial charge on any atom is 0.138 e. The molecule has 0 aliphatic heterocycles. The van der Waals surface area contributed by atoms with Crippen molar-refractivity contribution in [1.29, 1.82) is 0 Å². The Labute approximate surface area is 116 Å². The zero-order valence-corrected chi connectivity index (χ0v) is 12.9. The Bertz CT molecular complexity index is 371. The Balaban J connectivity index is 2.87. The predicted molar refractivity (Wildman–Crippen MR) is 77.0 cm³/mol. The van der Waals surface area contributed by atoms with Crippen LogP contribution in [0.3, 0.4) is 0 Å². The number of hydrogen-bond acceptors (Lipinski definition) is 4. The molecular formula is C14H28N4O. The molecule has 0 saturated heterocycles. The van der Waals surface area contributed by atoms with Gasteiger partial charge in [0.25, 0.3) is 0 Å². The van der Waals surface area contributed by atoms with Gasteiger partial charge in [-0.05, 0) is 33.4 Å². The molecule has 0 saturated carbocycles. The van der Waals surface area contributed by atoms with Crippen LogP contribution in [0, 0.1) is 0 Å². The van der Waals surface area contributed by atoms with Crippen molar-refractivity contribution in [3.8, 4) is 0 Å². The summed E-state index contributed by atoms with van der Waals surface area (Å²) in [5.41, 5.74) is -0.191. The zero-order valence-electron chi connectivity index (χ0n) is 12.9. The standard InChI is InChI=1S/C14H28N4O/c1-6-9-18-13(15-11-16-18)10-12(19)14(7-2,8-3)17(4)5/h11-12,19H,6-10H2,1-5H3. The predicted octanol–water partition coefficient (Wildman–Crippen LogP) is 1.71. The van der Waals surface area contributed by atoms with E-state index in [2.05, 4.69) is 35.8 Å². The fraction of sp³-hybridized carbons (Fsp3) is 0.857. The lowest BCUT2D eigenvalue weighted by molar-refractivity contribution is -0.0141. The molecule has 5 nitrogen and oxygen atoms in total. The summed E-state index contributed by atoms with van der Waals surface area (Å²) < 4.78 is 1.90. The van der Waals surface area contributed by atoms with E-state index in [0.29, 0.717) is 6.42 Å². The van der Waals surface area contributed by atoms with Crippen molar-refractivity contribution in [2.75, 3.05) is 14.1 Å². The van der Waals surface area contributed by atoms with Gasteiger partial charge in [-0.1, -0.05) is 20.8 Å². The van der Waals surface area contributed by atoms with Crippen LogP contribution in [-0.2, 0) is 13.0 Å². The van der Waals surface area contributed by atoms with E-state index in [9.17, 15) is 5.11 Å². The molecule has 1 N–H and O–H groups in total. The number of aryl methyl sites for hydroxylation is 1. The SMILES string of the molecule is CCCn1ncnc1CC(O)C(CC)(CC)N(C)C. The number of likely N-dealkylation sites (N-methyl/N-ethyl adjacent to an activating group) is 1. The molecule has 0 fully saturated rings. The Morgan fingerprint density at radius 3 is 2.42 bits per heavy atom. The van der Waals surface area contributed by atoms with Crippen molar-refractivity contribution in [1.82, 2.24) is 19.7 Å². The number of hydrogen-bond donors (Lipinski definition) is 1. The van der Waals surface area contributed by atoms with Crippen molar-refractivity contribution in [3.05, 3.63) is 12.2 Å². The highest BCUT2D eigenvalue weighted by molar-refractivity contribution is 4.99. The van der Waals surface area contributed by atoms with Gasteiger partial charge in [-0.25, -0.2) is 4.98 Å². The van der Waals surface area contributed by atoms with Gasteiger partial charge in [0.15, 0.2) is 0 Å². The first-order valence-electron chi connectivity index (χ1n) is 7.23. The summed E-state index contributed by atoms with van der Waals surface area (Å²) in [5, 5.41) is 14.9. The molecule has 0 bridgehead atoms. The van der Waals surface area contributed by atoms with Gasteiger partial charge in [-0.2, -0.15) is 5.10 Å². The van der Waals surface area contributed by atoms with Crippen LogP contribution in [0.1, 0.15) is 45.9 Å². The molecule has 1 aromatic rings. The first kappa shape index (κ1) is 16.1. The third kappa shape index (κ3) is 3.34. The number of rotatable bonds is 8. The second-order valence-corrected chi connectivity index (χ2v) is 5.32. The normalized spacial score (nSPS) is 14.1. The fourth-order valence-corrected chi connectivity index (χ4v) is 2.86. The molecule has 1 aromatic heterocycles. The van der Waals surface area contributed by atoms with Gasteiger partial charge in [0.05, 0.1) is 6.10 Å². The highest BCUT2D eigenvalue weighted by Gasteiger charge is 2.37. The number of nitrogens with zero attached hydrogens (tertiary/aromatic N) is 4. The summed E-state index contributed by atoms with van der Waals surface area (Å²) in [6.45, 7) is 7.23. The molecule has 0 aromatic carbocycles. The third-order valence-electron chi connectivity index (χ3n) is 4.24.